The summed E-state index contributed by atoms with van der Waals surface area (Å²) in [7, 11) is 0. The van der Waals surface area contributed by atoms with Crippen LogP contribution < -0.4 is 9.80 Å². The molecule has 0 heterocycles. The summed E-state index contributed by atoms with van der Waals surface area (Å²) in [6.45, 7) is 8.20. The molecule has 134 valence electrons. The van der Waals surface area contributed by atoms with E-state index in [1.165, 1.54) is 5.56 Å². The van der Waals surface area contributed by atoms with E-state index >= 15 is 0 Å². The number of ether oxygens (including phenoxy) is 1. The molecular weight excluding hydrogens is 314 g/mol. The summed E-state index contributed by atoms with van der Waals surface area (Å²) in [4.78, 5) is 11.9. The van der Waals surface area contributed by atoms with E-state index in [1.807, 2.05) is 38.1 Å². The molecule has 0 radical (unpaired) electrons. The molecule has 1 N–H and O–H groups in total. The average Bonchev–Trinajstić information content (AvgIpc) is 2.65. The van der Waals surface area contributed by atoms with Crippen LogP contribution in [0.25, 0.3) is 0 Å². The van der Waals surface area contributed by atoms with Crippen molar-refractivity contribution in [3.63, 3.8) is 0 Å². The highest BCUT2D eigenvalue weighted by Crippen LogP contribution is 2.26. The molecule has 1 amide bonds. The Morgan fingerprint density at radius 2 is 1.68 bits per heavy atom. The normalized spacial score (nSPS) is 10.6. The number of rotatable bonds is 7. The Kier molecular flexibility index (Phi) is 6.59. The molecule has 0 aliphatic rings. The van der Waals surface area contributed by atoms with Gasteiger partial charge >= 0.3 is 0 Å². The van der Waals surface area contributed by atoms with Crippen LogP contribution in [-0.2, 0) is 24.2 Å². The molecule has 0 atom stereocenters. The van der Waals surface area contributed by atoms with Gasteiger partial charge in [-0.2, -0.15) is 5.06 Å². The van der Waals surface area contributed by atoms with Crippen molar-refractivity contribution in [1.82, 2.24) is 0 Å². The van der Waals surface area contributed by atoms with Gasteiger partial charge in [0, 0.05) is 12.0 Å². The molecule has 2 aromatic rings. The van der Waals surface area contributed by atoms with Crippen molar-refractivity contribution in [2.75, 3.05) is 5.06 Å². The van der Waals surface area contributed by atoms with Crippen molar-refractivity contribution < 1.29 is 14.7 Å². The molecule has 25 heavy (non-hydrogen) atoms. The fourth-order valence-corrected chi connectivity index (χ4v) is 2.68. The average molecular weight is 341 g/mol. The van der Waals surface area contributed by atoms with E-state index in [-0.39, 0.29) is 12.3 Å². The van der Waals surface area contributed by atoms with Gasteiger partial charge in [0.1, 0.15) is 12.4 Å². The minimum atomic E-state index is -0.335. The lowest BCUT2D eigenvalue weighted by Gasteiger charge is -2.20. The minimum Gasteiger partial charge on any atom is -0.489 e. The lowest BCUT2D eigenvalue weighted by molar-refractivity contribution is -0.123. The van der Waals surface area contributed by atoms with Crippen LogP contribution in [0, 0.1) is 6.92 Å². The van der Waals surface area contributed by atoms with Crippen molar-refractivity contribution in [2.45, 2.75) is 53.6 Å². The second-order valence-electron chi connectivity index (χ2n) is 6.12. The number of hydroxylamine groups is 1. The first-order chi connectivity index (χ1) is 12.0. The first-order valence-electron chi connectivity index (χ1n) is 8.86. The highest BCUT2D eigenvalue weighted by Gasteiger charge is 2.16. The van der Waals surface area contributed by atoms with Gasteiger partial charge in [-0.25, -0.2) is 0 Å². The Morgan fingerprint density at radius 3 is 2.28 bits per heavy atom. The summed E-state index contributed by atoms with van der Waals surface area (Å²) >= 11 is 0. The number of amides is 1. The van der Waals surface area contributed by atoms with Gasteiger partial charge in [0.05, 0.1) is 5.69 Å². The van der Waals surface area contributed by atoms with E-state index in [0.717, 1.165) is 40.3 Å². The van der Waals surface area contributed by atoms with Crippen molar-refractivity contribution in [3.05, 3.63) is 58.7 Å². The fraction of sp³-hybridized carbons (Fsp3) is 0.381. The van der Waals surface area contributed by atoms with Crippen LogP contribution in [0.5, 0.6) is 5.75 Å². The monoisotopic (exact) mass is 341 g/mol. The van der Waals surface area contributed by atoms with E-state index < -0.39 is 0 Å². The van der Waals surface area contributed by atoms with Crippen LogP contribution in [0.2, 0.25) is 0 Å². The second kappa shape index (κ2) is 8.67. The lowest BCUT2D eigenvalue weighted by Crippen LogP contribution is -2.27. The maximum atomic E-state index is 11.9. The molecule has 2 rings (SSSR count). The van der Waals surface area contributed by atoms with Crippen LogP contribution in [0.3, 0.4) is 0 Å². The van der Waals surface area contributed by atoms with Gasteiger partial charge in [0.2, 0.25) is 5.91 Å². The van der Waals surface area contributed by atoms with Gasteiger partial charge in [0.15, 0.2) is 0 Å². The Labute approximate surface area is 150 Å². The summed E-state index contributed by atoms with van der Waals surface area (Å²) in [6.07, 6.45) is 2.06. The first kappa shape index (κ1) is 19.0. The third-order valence-corrected chi connectivity index (χ3v) is 4.36. The van der Waals surface area contributed by atoms with E-state index in [9.17, 15) is 10.0 Å². The summed E-state index contributed by atoms with van der Waals surface area (Å²) in [5.74, 6) is 0.479. The van der Waals surface area contributed by atoms with Crippen LogP contribution in [0.4, 0.5) is 5.69 Å². The topological polar surface area (TPSA) is 49.8 Å². The molecule has 0 fully saturated rings. The van der Waals surface area contributed by atoms with Gasteiger partial charge in [0.25, 0.3) is 0 Å². The Bertz CT molecular complexity index is 740. The number of hydrogen-bond donors (Lipinski definition) is 1. The van der Waals surface area contributed by atoms with Gasteiger partial charge in [-0.3, -0.25) is 10.0 Å². The number of aryl methyl sites for hydroxylation is 3. The van der Waals surface area contributed by atoms with Crippen LogP contribution in [-0.4, -0.2) is 11.1 Å². The lowest BCUT2D eigenvalue weighted by atomic mass is 10.1. The predicted molar refractivity (Wildman–Crippen MR) is 100 cm³/mol. The molecule has 0 bridgehead atoms. The fourth-order valence-electron chi connectivity index (χ4n) is 2.68. The van der Waals surface area contributed by atoms with E-state index in [0.29, 0.717) is 12.3 Å². The third-order valence-electron chi connectivity index (χ3n) is 4.36. The molecule has 0 aromatic heterocycles. The summed E-state index contributed by atoms with van der Waals surface area (Å²) in [6, 6.07) is 11.9. The molecule has 0 aliphatic heterocycles. The van der Waals surface area contributed by atoms with Crippen molar-refractivity contribution in [2.24, 2.45) is 0 Å². The van der Waals surface area contributed by atoms with Gasteiger partial charge < -0.3 is 4.74 Å². The van der Waals surface area contributed by atoms with Gasteiger partial charge in [-0.05, 0) is 48.6 Å². The zero-order chi connectivity index (χ0) is 18.4. The Hall–Kier alpha value is -2.33. The first-order valence-corrected chi connectivity index (χ1v) is 8.86. The number of benzene rings is 2. The largest absolute Gasteiger partial charge is 0.489 e. The maximum Gasteiger partial charge on any atom is 0.250 e. The Morgan fingerprint density at radius 1 is 1.04 bits per heavy atom. The van der Waals surface area contributed by atoms with Crippen molar-refractivity contribution in [3.8, 4) is 5.75 Å². The third kappa shape index (κ3) is 4.60. The van der Waals surface area contributed by atoms with Crippen molar-refractivity contribution in [1.29, 1.82) is 0 Å². The highest BCUT2D eigenvalue weighted by molar-refractivity contribution is 5.91. The molecule has 2 aromatic carbocycles. The van der Waals surface area contributed by atoms with Gasteiger partial charge in [-0.1, -0.05) is 45.0 Å². The van der Waals surface area contributed by atoms with Crippen LogP contribution in [0.1, 0.15) is 49.4 Å². The van der Waals surface area contributed by atoms with Crippen LogP contribution in [0.15, 0.2) is 36.4 Å². The molecule has 4 nitrogen and oxygen atoms in total. The number of carbonyl (C=O) groups is 1. The maximum absolute atomic E-state index is 11.9. The quantitative estimate of drug-likeness (QED) is 0.579. The zero-order valence-electron chi connectivity index (χ0n) is 15.5. The smallest absolute Gasteiger partial charge is 0.250 e. The summed E-state index contributed by atoms with van der Waals surface area (Å²) in [5, 5.41) is 11.0. The van der Waals surface area contributed by atoms with Gasteiger partial charge in [-0.15, -0.1) is 0 Å². The standard InChI is InChI=1S/C21H27NO3/c1-5-16-9-11-20(15(4)12-16)25-14-18-10-8-17(6-2)13-19(18)22(24)21(23)7-3/h8-13,24H,5-7,14H2,1-4H3. The number of nitrogens with zero attached hydrogens (tertiary/aromatic N) is 1. The molecule has 0 saturated carbocycles. The SMILES string of the molecule is CCC(=O)N(O)c1cc(CC)ccc1COc1ccc(CC)cc1C. The molecule has 0 unspecified atom stereocenters. The number of anilines is 1. The highest BCUT2D eigenvalue weighted by atomic mass is 16.5. The molecule has 4 heteroatoms. The van der Waals surface area contributed by atoms with E-state index in [4.69, 9.17) is 4.74 Å². The van der Waals surface area contributed by atoms with Crippen molar-refractivity contribution >= 4 is 11.6 Å². The molecule has 0 spiro atoms. The van der Waals surface area contributed by atoms with E-state index in [2.05, 4.69) is 19.1 Å². The predicted octanol–water partition coefficient (Wildman–Crippen LogP) is 4.83. The molecule has 0 aliphatic carbocycles. The molecule has 0 saturated heterocycles. The van der Waals surface area contributed by atoms with E-state index in [1.54, 1.807) is 6.92 Å². The number of carbonyl (C=O) groups excluding carboxylic acids is 1. The summed E-state index contributed by atoms with van der Waals surface area (Å²) in [5.41, 5.74) is 4.68. The molecular formula is C21H27NO3. The Balaban J connectivity index is 2.25. The minimum absolute atomic E-state index is 0.241. The zero-order valence-corrected chi connectivity index (χ0v) is 15.5. The number of hydrogen-bond acceptors (Lipinski definition) is 3. The summed E-state index contributed by atoms with van der Waals surface area (Å²) < 4.78 is 5.95. The second-order valence-corrected chi connectivity index (χ2v) is 6.12. The van der Waals surface area contributed by atoms with Crippen LogP contribution >= 0.6 is 0 Å².